The number of hydrogen-bond acceptors (Lipinski definition) is 3. The highest BCUT2D eigenvalue weighted by atomic mass is 16.5. The van der Waals surface area contributed by atoms with Crippen molar-refractivity contribution >= 4 is 5.69 Å². The number of rotatable bonds is 1. The van der Waals surface area contributed by atoms with Gasteiger partial charge in [-0.1, -0.05) is 30.3 Å². The fourth-order valence-electron chi connectivity index (χ4n) is 3.19. The van der Waals surface area contributed by atoms with Crippen LogP contribution in [0.25, 0.3) is 0 Å². The van der Waals surface area contributed by atoms with Gasteiger partial charge in [-0.15, -0.1) is 0 Å². The van der Waals surface area contributed by atoms with Crippen LogP contribution < -0.4 is 14.4 Å². The maximum absolute atomic E-state index is 6.04. The molecule has 3 nitrogen and oxygen atoms in total. The number of ether oxygens (including phenoxy) is 2. The van der Waals surface area contributed by atoms with Gasteiger partial charge in [0, 0.05) is 17.8 Å². The van der Waals surface area contributed by atoms with Gasteiger partial charge < -0.3 is 14.4 Å². The van der Waals surface area contributed by atoms with Crippen LogP contribution in [0.2, 0.25) is 0 Å². The quantitative estimate of drug-likeness (QED) is 0.796. The van der Waals surface area contributed by atoms with Gasteiger partial charge in [0.05, 0.1) is 6.61 Å². The summed E-state index contributed by atoms with van der Waals surface area (Å²) in [6.07, 6.45) is 2.19. The predicted molar refractivity (Wildman–Crippen MR) is 83.1 cm³/mol. The molecule has 3 heteroatoms. The SMILES string of the molecule is Cc1ccccc1N1COc2c(ccc3c2OCCC3)C1. The summed E-state index contributed by atoms with van der Waals surface area (Å²) in [5, 5.41) is 0. The summed E-state index contributed by atoms with van der Waals surface area (Å²) in [4.78, 5) is 2.27. The Morgan fingerprint density at radius 2 is 1.76 bits per heavy atom. The minimum Gasteiger partial charge on any atom is -0.489 e. The minimum absolute atomic E-state index is 0.581. The summed E-state index contributed by atoms with van der Waals surface area (Å²) < 4.78 is 11.9. The molecule has 2 aliphatic heterocycles. The van der Waals surface area contributed by atoms with E-state index in [0.717, 1.165) is 37.5 Å². The molecule has 108 valence electrons. The van der Waals surface area contributed by atoms with Gasteiger partial charge >= 0.3 is 0 Å². The fraction of sp³-hybridized carbons (Fsp3) is 0.333. The van der Waals surface area contributed by atoms with Gasteiger partial charge in [-0.3, -0.25) is 0 Å². The summed E-state index contributed by atoms with van der Waals surface area (Å²) >= 11 is 0. The molecule has 2 heterocycles. The van der Waals surface area contributed by atoms with Gasteiger partial charge in [0.1, 0.15) is 0 Å². The molecule has 0 fully saturated rings. The topological polar surface area (TPSA) is 21.7 Å². The van der Waals surface area contributed by atoms with Crippen LogP contribution >= 0.6 is 0 Å². The van der Waals surface area contributed by atoms with E-state index in [0.29, 0.717) is 6.73 Å². The highest BCUT2D eigenvalue weighted by molar-refractivity contribution is 5.59. The first-order chi connectivity index (χ1) is 10.3. The standard InChI is InChI=1S/C18H19NO2/c1-13-5-2-3-7-16(13)19-11-15-9-8-14-6-4-10-20-17(14)18(15)21-12-19/h2-3,5,7-9H,4,6,10-12H2,1H3. The van der Waals surface area contributed by atoms with Crippen molar-refractivity contribution in [1.29, 1.82) is 0 Å². The van der Waals surface area contributed by atoms with Crippen molar-refractivity contribution in [3.05, 3.63) is 53.1 Å². The molecule has 0 aliphatic carbocycles. The van der Waals surface area contributed by atoms with Crippen LogP contribution in [0.4, 0.5) is 5.69 Å². The highest BCUT2D eigenvalue weighted by Crippen LogP contribution is 2.41. The average molecular weight is 281 g/mol. The molecule has 0 amide bonds. The van der Waals surface area contributed by atoms with Crippen LogP contribution in [0.5, 0.6) is 11.5 Å². The highest BCUT2D eigenvalue weighted by Gasteiger charge is 2.25. The Kier molecular flexibility index (Phi) is 2.99. The molecule has 2 aromatic rings. The Morgan fingerprint density at radius 3 is 2.67 bits per heavy atom. The molecule has 0 atom stereocenters. The van der Waals surface area contributed by atoms with Gasteiger partial charge in [-0.25, -0.2) is 0 Å². The zero-order valence-corrected chi connectivity index (χ0v) is 12.3. The zero-order valence-electron chi connectivity index (χ0n) is 12.3. The van der Waals surface area contributed by atoms with Gasteiger partial charge in [-0.2, -0.15) is 0 Å². The van der Waals surface area contributed by atoms with E-state index in [1.807, 2.05) is 0 Å². The monoisotopic (exact) mass is 281 g/mol. The zero-order chi connectivity index (χ0) is 14.2. The first kappa shape index (κ1) is 12.6. The third-order valence-electron chi connectivity index (χ3n) is 4.29. The molecule has 0 saturated carbocycles. The third-order valence-corrected chi connectivity index (χ3v) is 4.29. The molecule has 21 heavy (non-hydrogen) atoms. The van der Waals surface area contributed by atoms with Crippen molar-refractivity contribution in [3.8, 4) is 11.5 Å². The van der Waals surface area contributed by atoms with E-state index >= 15 is 0 Å². The smallest absolute Gasteiger partial charge is 0.169 e. The van der Waals surface area contributed by atoms with Crippen LogP contribution in [0.15, 0.2) is 36.4 Å². The van der Waals surface area contributed by atoms with Crippen molar-refractivity contribution in [2.75, 3.05) is 18.2 Å². The second kappa shape index (κ2) is 4.99. The Hall–Kier alpha value is -2.16. The van der Waals surface area contributed by atoms with Crippen molar-refractivity contribution < 1.29 is 9.47 Å². The van der Waals surface area contributed by atoms with Crippen LogP contribution in [0.3, 0.4) is 0 Å². The van der Waals surface area contributed by atoms with E-state index in [-0.39, 0.29) is 0 Å². The van der Waals surface area contributed by atoms with Crippen molar-refractivity contribution in [2.45, 2.75) is 26.3 Å². The lowest BCUT2D eigenvalue weighted by atomic mass is 10.0. The van der Waals surface area contributed by atoms with Crippen molar-refractivity contribution in [3.63, 3.8) is 0 Å². The predicted octanol–water partition coefficient (Wildman–Crippen LogP) is 3.68. The largest absolute Gasteiger partial charge is 0.489 e. The first-order valence-electron chi connectivity index (χ1n) is 7.54. The first-order valence-corrected chi connectivity index (χ1v) is 7.54. The van der Waals surface area contributed by atoms with Crippen molar-refractivity contribution in [2.24, 2.45) is 0 Å². The number of nitrogens with zero attached hydrogens (tertiary/aromatic N) is 1. The lowest BCUT2D eigenvalue weighted by Crippen LogP contribution is -2.33. The molecule has 2 aromatic carbocycles. The Bertz CT molecular complexity index is 681. The average Bonchev–Trinajstić information content (AvgIpc) is 2.54. The molecule has 0 spiro atoms. The van der Waals surface area contributed by atoms with E-state index in [1.165, 1.54) is 22.4 Å². The molecule has 0 N–H and O–H groups in total. The van der Waals surface area contributed by atoms with Gasteiger partial charge in [0.25, 0.3) is 0 Å². The molecule has 0 bridgehead atoms. The maximum atomic E-state index is 6.04. The lowest BCUT2D eigenvalue weighted by molar-refractivity contribution is 0.238. The fourth-order valence-corrected chi connectivity index (χ4v) is 3.19. The molecule has 0 radical (unpaired) electrons. The van der Waals surface area contributed by atoms with E-state index in [1.54, 1.807) is 0 Å². The van der Waals surface area contributed by atoms with E-state index < -0.39 is 0 Å². The second-order valence-corrected chi connectivity index (χ2v) is 5.75. The summed E-state index contributed by atoms with van der Waals surface area (Å²) in [5.74, 6) is 1.93. The molecule has 0 saturated heterocycles. The normalized spacial score (nSPS) is 16.5. The number of para-hydroxylation sites is 1. The van der Waals surface area contributed by atoms with E-state index in [4.69, 9.17) is 9.47 Å². The number of benzene rings is 2. The Balaban J connectivity index is 1.68. The molecule has 0 aromatic heterocycles. The molecular formula is C18H19NO2. The van der Waals surface area contributed by atoms with E-state index in [9.17, 15) is 0 Å². The van der Waals surface area contributed by atoms with Crippen LogP contribution in [0.1, 0.15) is 23.1 Å². The number of aryl methyl sites for hydroxylation is 2. The lowest BCUT2D eigenvalue weighted by Gasteiger charge is -2.33. The molecular weight excluding hydrogens is 262 g/mol. The van der Waals surface area contributed by atoms with Crippen LogP contribution in [0, 0.1) is 6.92 Å². The minimum atomic E-state index is 0.581. The van der Waals surface area contributed by atoms with Crippen molar-refractivity contribution in [1.82, 2.24) is 0 Å². The summed E-state index contributed by atoms with van der Waals surface area (Å²) in [6.45, 7) is 4.39. The number of anilines is 1. The number of hydrogen-bond donors (Lipinski definition) is 0. The summed E-state index contributed by atoms with van der Waals surface area (Å²) in [5.41, 5.74) is 5.01. The van der Waals surface area contributed by atoms with E-state index in [2.05, 4.69) is 48.2 Å². The number of fused-ring (bicyclic) bond motifs is 3. The van der Waals surface area contributed by atoms with Crippen LogP contribution in [-0.2, 0) is 13.0 Å². The Morgan fingerprint density at radius 1 is 0.952 bits per heavy atom. The summed E-state index contributed by atoms with van der Waals surface area (Å²) in [6, 6.07) is 12.8. The molecule has 2 aliphatic rings. The van der Waals surface area contributed by atoms with Gasteiger partial charge in [-0.05, 0) is 37.0 Å². The third kappa shape index (κ3) is 2.13. The Labute approximate surface area is 125 Å². The van der Waals surface area contributed by atoms with Gasteiger partial charge in [0.15, 0.2) is 18.2 Å². The molecule has 0 unspecified atom stereocenters. The summed E-state index contributed by atoms with van der Waals surface area (Å²) in [7, 11) is 0. The van der Waals surface area contributed by atoms with Crippen LogP contribution in [-0.4, -0.2) is 13.3 Å². The maximum Gasteiger partial charge on any atom is 0.169 e. The van der Waals surface area contributed by atoms with Gasteiger partial charge in [0.2, 0.25) is 0 Å². The second-order valence-electron chi connectivity index (χ2n) is 5.75. The molecule has 4 rings (SSSR count).